The smallest absolute Gasteiger partial charge is 0.251 e. The van der Waals surface area contributed by atoms with Crippen molar-refractivity contribution in [3.8, 4) is 0 Å². The number of carbonyl (C=O) groups excluding carboxylic acids is 1. The molecule has 3 rings (SSSR count). The first-order valence-corrected chi connectivity index (χ1v) is 8.23. The van der Waals surface area contributed by atoms with Gasteiger partial charge in [0, 0.05) is 45.9 Å². The monoisotopic (exact) mass is 327 g/mol. The van der Waals surface area contributed by atoms with E-state index >= 15 is 0 Å². The first kappa shape index (κ1) is 16.4. The van der Waals surface area contributed by atoms with Gasteiger partial charge in [-0.25, -0.2) is 13.8 Å². The molecule has 1 unspecified atom stereocenters. The van der Waals surface area contributed by atoms with Crippen LogP contribution in [0.1, 0.15) is 37.3 Å². The molecule has 1 atom stereocenters. The van der Waals surface area contributed by atoms with Gasteiger partial charge < -0.3 is 9.32 Å². The molecular formula is C16H23F2N3O2. The Kier molecular flexibility index (Phi) is 4.66. The molecule has 0 N–H and O–H groups in total. The van der Waals surface area contributed by atoms with Gasteiger partial charge in [0.15, 0.2) is 5.89 Å². The number of amides is 1. The van der Waals surface area contributed by atoms with Gasteiger partial charge in [-0.05, 0) is 19.4 Å². The van der Waals surface area contributed by atoms with Gasteiger partial charge in [-0.1, -0.05) is 0 Å². The highest BCUT2D eigenvalue weighted by molar-refractivity contribution is 5.79. The summed E-state index contributed by atoms with van der Waals surface area (Å²) in [5.74, 6) is -2.04. The Labute approximate surface area is 134 Å². The van der Waals surface area contributed by atoms with E-state index in [2.05, 4.69) is 9.88 Å². The molecule has 0 saturated carbocycles. The Morgan fingerprint density at radius 1 is 1.39 bits per heavy atom. The van der Waals surface area contributed by atoms with Gasteiger partial charge >= 0.3 is 0 Å². The number of oxazole rings is 1. The molecule has 0 bridgehead atoms. The van der Waals surface area contributed by atoms with Crippen LogP contribution < -0.4 is 0 Å². The summed E-state index contributed by atoms with van der Waals surface area (Å²) in [5.41, 5.74) is 0.869. The summed E-state index contributed by atoms with van der Waals surface area (Å²) in [6.07, 6.45) is 2.99. The lowest BCUT2D eigenvalue weighted by Gasteiger charge is -2.37. The minimum Gasteiger partial charge on any atom is -0.449 e. The highest BCUT2D eigenvalue weighted by Gasteiger charge is 2.38. The summed E-state index contributed by atoms with van der Waals surface area (Å²) in [7, 11) is 0. The van der Waals surface area contributed by atoms with Gasteiger partial charge in [0.25, 0.3) is 5.92 Å². The molecule has 2 saturated heterocycles. The van der Waals surface area contributed by atoms with Gasteiger partial charge in [0.2, 0.25) is 5.91 Å². The van der Waals surface area contributed by atoms with E-state index in [0.29, 0.717) is 19.0 Å². The largest absolute Gasteiger partial charge is 0.449 e. The van der Waals surface area contributed by atoms with Crippen LogP contribution in [0.3, 0.4) is 0 Å². The zero-order valence-electron chi connectivity index (χ0n) is 13.4. The Balaban J connectivity index is 1.54. The minimum atomic E-state index is -2.61. The fourth-order valence-electron chi connectivity index (χ4n) is 3.42. The second-order valence-electron chi connectivity index (χ2n) is 6.61. The highest BCUT2D eigenvalue weighted by atomic mass is 19.3. The molecule has 2 aliphatic heterocycles. The molecular weight excluding hydrogens is 304 g/mol. The van der Waals surface area contributed by atoms with Gasteiger partial charge in [-0.3, -0.25) is 9.69 Å². The van der Waals surface area contributed by atoms with Crippen LogP contribution >= 0.6 is 0 Å². The third kappa shape index (κ3) is 4.07. The maximum Gasteiger partial charge on any atom is 0.251 e. The minimum absolute atomic E-state index is 0.0292. The van der Waals surface area contributed by atoms with Crippen molar-refractivity contribution in [2.75, 3.05) is 26.2 Å². The van der Waals surface area contributed by atoms with E-state index in [1.54, 1.807) is 18.1 Å². The van der Waals surface area contributed by atoms with E-state index in [0.717, 1.165) is 25.1 Å². The second kappa shape index (κ2) is 6.55. The van der Waals surface area contributed by atoms with E-state index in [9.17, 15) is 13.6 Å². The molecule has 0 aliphatic carbocycles. The number of nitrogens with zero attached hydrogens (tertiary/aromatic N) is 3. The molecule has 0 radical (unpaired) electrons. The standard InChI is InChI=1S/C16H23F2N3O2/c1-12-19-14(11-23-12)10-20-6-2-3-13(9-20)15(22)21-7-4-16(17,18)5-8-21/h11,13H,2-10H2,1H3. The molecule has 2 aliphatic rings. The first-order valence-electron chi connectivity index (χ1n) is 8.23. The molecule has 1 aromatic rings. The van der Waals surface area contributed by atoms with Crippen LogP contribution in [0.4, 0.5) is 8.78 Å². The number of carbonyl (C=O) groups is 1. The Bertz CT molecular complexity index is 551. The number of halogens is 2. The molecule has 0 aromatic carbocycles. The molecule has 0 spiro atoms. The van der Waals surface area contributed by atoms with Crippen LogP contribution in [0, 0.1) is 12.8 Å². The topological polar surface area (TPSA) is 49.6 Å². The van der Waals surface area contributed by atoms with Crippen molar-refractivity contribution in [2.24, 2.45) is 5.92 Å². The van der Waals surface area contributed by atoms with Crippen molar-refractivity contribution in [1.29, 1.82) is 0 Å². The van der Waals surface area contributed by atoms with E-state index in [1.165, 1.54) is 0 Å². The molecule has 23 heavy (non-hydrogen) atoms. The Hall–Kier alpha value is -1.50. The van der Waals surface area contributed by atoms with Crippen molar-refractivity contribution in [3.63, 3.8) is 0 Å². The number of hydrogen-bond acceptors (Lipinski definition) is 4. The second-order valence-corrected chi connectivity index (χ2v) is 6.61. The van der Waals surface area contributed by atoms with Crippen LogP contribution in [0.25, 0.3) is 0 Å². The number of piperidine rings is 2. The normalized spacial score (nSPS) is 25.5. The van der Waals surface area contributed by atoms with Gasteiger partial charge in [0.05, 0.1) is 11.6 Å². The van der Waals surface area contributed by atoms with Crippen molar-refractivity contribution >= 4 is 5.91 Å². The fourth-order valence-corrected chi connectivity index (χ4v) is 3.42. The number of rotatable bonds is 3. The van der Waals surface area contributed by atoms with Crippen LogP contribution in [0.5, 0.6) is 0 Å². The fraction of sp³-hybridized carbons (Fsp3) is 0.750. The molecule has 1 amide bonds. The lowest BCUT2D eigenvalue weighted by molar-refractivity contribution is -0.143. The summed E-state index contributed by atoms with van der Waals surface area (Å²) in [6, 6.07) is 0. The average Bonchev–Trinajstić information content (AvgIpc) is 2.92. The third-order valence-corrected chi connectivity index (χ3v) is 4.71. The molecule has 7 heteroatoms. The summed E-state index contributed by atoms with van der Waals surface area (Å²) in [5, 5.41) is 0. The van der Waals surface area contributed by atoms with Crippen LogP contribution in [-0.2, 0) is 11.3 Å². The van der Waals surface area contributed by atoms with E-state index < -0.39 is 5.92 Å². The maximum absolute atomic E-state index is 13.2. The zero-order valence-corrected chi connectivity index (χ0v) is 13.4. The first-order chi connectivity index (χ1) is 10.9. The Morgan fingerprint density at radius 2 is 2.13 bits per heavy atom. The van der Waals surface area contributed by atoms with E-state index in [4.69, 9.17) is 4.42 Å². The summed E-state index contributed by atoms with van der Waals surface area (Å²) in [4.78, 5) is 20.7. The van der Waals surface area contributed by atoms with Crippen molar-refractivity contribution < 1.29 is 18.0 Å². The van der Waals surface area contributed by atoms with Crippen LogP contribution in [-0.4, -0.2) is 52.8 Å². The van der Waals surface area contributed by atoms with Crippen molar-refractivity contribution in [2.45, 2.75) is 45.1 Å². The summed E-state index contributed by atoms with van der Waals surface area (Å²) >= 11 is 0. The molecule has 128 valence electrons. The maximum atomic E-state index is 13.2. The lowest BCUT2D eigenvalue weighted by Crippen LogP contribution is -2.48. The predicted molar refractivity (Wildman–Crippen MR) is 80.0 cm³/mol. The number of hydrogen-bond donors (Lipinski definition) is 0. The van der Waals surface area contributed by atoms with Crippen LogP contribution in [0.15, 0.2) is 10.7 Å². The van der Waals surface area contributed by atoms with E-state index in [1.807, 2.05) is 0 Å². The molecule has 2 fully saturated rings. The quantitative estimate of drug-likeness (QED) is 0.856. The average molecular weight is 327 g/mol. The van der Waals surface area contributed by atoms with Gasteiger partial charge in [-0.15, -0.1) is 0 Å². The number of aryl methyl sites for hydroxylation is 1. The molecule has 5 nitrogen and oxygen atoms in total. The lowest BCUT2D eigenvalue weighted by atomic mass is 9.95. The molecule has 3 heterocycles. The summed E-state index contributed by atoms with van der Waals surface area (Å²) in [6.45, 7) is 4.40. The number of alkyl halides is 2. The zero-order chi connectivity index (χ0) is 16.4. The number of likely N-dealkylation sites (tertiary alicyclic amines) is 2. The molecule has 1 aromatic heterocycles. The van der Waals surface area contributed by atoms with Crippen molar-refractivity contribution in [1.82, 2.24) is 14.8 Å². The van der Waals surface area contributed by atoms with Crippen LogP contribution in [0.2, 0.25) is 0 Å². The SMILES string of the molecule is Cc1nc(CN2CCCC(C(=O)N3CCC(F)(F)CC3)C2)co1. The number of aromatic nitrogens is 1. The Morgan fingerprint density at radius 3 is 2.78 bits per heavy atom. The van der Waals surface area contributed by atoms with Gasteiger partial charge in [-0.2, -0.15) is 0 Å². The van der Waals surface area contributed by atoms with Crippen molar-refractivity contribution in [3.05, 3.63) is 17.8 Å². The highest BCUT2D eigenvalue weighted by Crippen LogP contribution is 2.29. The predicted octanol–water partition coefficient (Wildman–Crippen LogP) is 2.45. The summed E-state index contributed by atoms with van der Waals surface area (Å²) < 4.78 is 31.7. The van der Waals surface area contributed by atoms with Gasteiger partial charge in [0.1, 0.15) is 6.26 Å². The van der Waals surface area contributed by atoms with E-state index in [-0.39, 0.29) is 37.8 Å². The third-order valence-electron chi connectivity index (χ3n) is 4.71.